The van der Waals surface area contributed by atoms with Crippen LogP contribution in [0.4, 0.5) is 57.1 Å². The molecule has 0 unspecified atom stereocenters. The van der Waals surface area contributed by atoms with Gasteiger partial charge < -0.3 is 4.90 Å². The van der Waals surface area contributed by atoms with Crippen LogP contribution in [0.25, 0.3) is 0 Å². The van der Waals surface area contributed by atoms with Crippen molar-refractivity contribution in [2.45, 2.75) is 42.2 Å². The van der Waals surface area contributed by atoms with Crippen LogP contribution in [0, 0.1) is 0 Å². The summed E-state index contributed by atoms with van der Waals surface area (Å²) in [5, 5.41) is 0. The van der Waals surface area contributed by atoms with Crippen molar-refractivity contribution in [3.05, 3.63) is 0 Å². The topological polar surface area (TPSA) is 3.24 Å². The van der Waals surface area contributed by atoms with E-state index in [4.69, 9.17) is 0 Å². The third-order valence-electron chi connectivity index (χ3n) is 2.87. The predicted molar refractivity (Wildman–Crippen MR) is 54.0 cm³/mol. The summed E-state index contributed by atoms with van der Waals surface area (Å²) in [6.45, 7) is -1.07. The first-order valence-corrected chi connectivity index (χ1v) is 5.77. The fourth-order valence-electron chi connectivity index (χ4n) is 1.32. The molecule has 0 bridgehead atoms. The lowest BCUT2D eigenvalue weighted by Gasteiger charge is -2.39. The SMILES string of the molecule is CN(C)CCC(F)(F)C(F)(F)C(F)(F)C(F)(F)C(F)(F)C(F)(F)F. The number of nitrogens with zero attached hydrogens (tertiary/aromatic N) is 1. The van der Waals surface area contributed by atoms with Gasteiger partial charge in [0.15, 0.2) is 0 Å². The van der Waals surface area contributed by atoms with Crippen molar-refractivity contribution in [3.63, 3.8) is 0 Å². The third-order valence-corrected chi connectivity index (χ3v) is 2.87. The van der Waals surface area contributed by atoms with E-state index >= 15 is 0 Å². The van der Waals surface area contributed by atoms with Crippen LogP contribution in [0.15, 0.2) is 0 Å². The van der Waals surface area contributed by atoms with Crippen molar-refractivity contribution in [1.29, 1.82) is 0 Å². The molecule has 0 aliphatic rings. The van der Waals surface area contributed by atoms with E-state index in [0.717, 1.165) is 19.0 Å². The monoisotopic (exact) mass is 391 g/mol. The van der Waals surface area contributed by atoms with E-state index in [2.05, 4.69) is 0 Å². The van der Waals surface area contributed by atoms with Crippen LogP contribution in [0.3, 0.4) is 0 Å². The Labute approximate surface area is 126 Å². The Morgan fingerprint density at radius 2 is 0.875 bits per heavy atom. The molecule has 0 saturated carbocycles. The molecule has 0 saturated heterocycles. The average molecular weight is 391 g/mol. The Morgan fingerprint density at radius 3 is 1.17 bits per heavy atom. The second kappa shape index (κ2) is 6.09. The third kappa shape index (κ3) is 3.38. The van der Waals surface area contributed by atoms with E-state index < -0.39 is 48.8 Å². The van der Waals surface area contributed by atoms with Crippen LogP contribution in [0.1, 0.15) is 6.42 Å². The summed E-state index contributed by atoms with van der Waals surface area (Å²) in [6, 6.07) is 0. The lowest BCUT2D eigenvalue weighted by molar-refractivity contribution is -0.440. The van der Waals surface area contributed by atoms with Crippen molar-refractivity contribution in [2.24, 2.45) is 0 Å². The molecule has 0 fully saturated rings. The van der Waals surface area contributed by atoms with Crippen molar-refractivity contribution in [3.8, 4) is 0 Å². The van der Waals surface area contributed by atoms with Gasteiger partial charge in [-0.15, -0.1) is 0 Å². The van der Waals surface area contributed by atoms with Crippen LogP contribution in [-0.2, 0) is 0 Å². The molecule has 0 aliphatic heterocycles. The second-order valence-corrected chi connectivity index (χ2v) is 5.05. The highest BCUT2D eigenvalue weighted by Crippen LogP contribution is 2.60. The summed E-state index contributed by atoms with van der Waals surface area (Å²) in [6.07, 6.45) is -9.58. The number of hydrogen-bond acceptors (Lipinski definition) is 1. The first kappa shape index (κ1) is 23.1. The van der Waals surface area contributed by atoms with Crippen molar-refractivity contribution in [1.82, 2.24) is 4.90 Å². The molecule has 0 aromatic heterocycles. The van der Waals surface area contributed by atoms with Gasteiger partial charge in [0.1, 0.15) is 0 Å². The molecule has 146 valence electrons. The molecule has 0 heterocycles. The normalized spacial score (nSPS) is 16.0. The van der Waals surface area contributed by atoms with Crippen LogP contribution >= 0.6 is 0 Å². The van der Waals surface area contributed by atoms with E-state index in [1.807, 2.05) is 0 Å². The summed E-state index contributed by atoms with van der Waals surface area (Å²) in [5.41, 5.74) is 0. The molecule has 0 N–H and O–H groups in total. The molecule has 0 aliphatic carbocycles. The zero-order valence-corrected chi connectivity index (χ0v) is 11.8. The average Bonchev–Trinajstić information content (AvgIpc) is 2.34. The standard InChI is InChI=1S/C10H10F13N/c1-24(2)4-3-5(11,12)6(13,14)7(15,16)8(17,18)9(19,20)10(21,22)23/h3-4H2,1-2H3. The van der Waals surface area contributed by atoms with Crippen molar-refractivity contribution >= 4 is 0 Å². The maximum absolute atomic E-state index is 13.2. The summed E-state index contributed by atoms with van der Waals surface area (Å²) < 4.78 is 165. The molecule has 0 spiro atoms. The first-order valence-electron chi connectivity index (χ1n) is 5.77. The highest BCUT2D eigenvalue weighted by Gasteiger charge is 2.90. The smallest absolute Gasteiger partial charge is 0.309 e. The Morgan fingerprint density at radius 1 is 0.542 bits per heavy atom. The van der Waals surface area contributed by atoms with Gasteiger partial charge in [0.2, 0.25) is 0 Å². The Balaban J connectivity index is 6.01. The Hall–Kier alpha value is -0.950. The maximum Gasteiger partial charge on any atom is 0.460 e. The van der Waals surface area contributed by atoms with Gasteiger partial charge in [0.25, 0.3) is 0 Å². The zero-order chi connectivity index (χ0) is 20.0. The number of rotatable bonds is 7. The molecule has 0 atom stereocenters. The van der Waals surface area contributed by atoms with Crippen molar-refractivity contribution in [2.75, 3.05) is 20.6 Å². The summed E-state index contributed by atoms with van der Waals surface area (Å²) in [4.78, 5) is 0.741. The zero-order valence-electron chi connectivity index (χ0n) is 11.8. The Kier molecular flexibility index (Phi) is 5.85. The minimum atomic E-state index is -7.83. The molecule has 14 heteroatoms. The highest BCUT2D eigenvalue weighted by molar-refractivity contribution is 5.10. The molecular weight excluding hydrogens is 381 g/mol. The van der Waals surface area contributed by atoms with Crippen molar-refractivity contribution < 1.29 is 57.1 Å². The van der Waals surface area contributed by atoms with Crippen LogP contribution in [-0.4, -0.2) is 61.3 Å². The largest absolute Gasteiger partial charge is 0.460 e. The number of halogens is 13. The van der Waals surface area contributed by atoms with Gasteiger partial charge in [-0.1, -0.05) is 0 Å². The lowest BCUT2D eigenvalue weighted by Crippen LogP contribution is -2.70. The first-order chi connectivity index (χ1) is 10.2. The molecule has 0 radical (unpaired) electrons. The minimum Gasteiger partial charge on any atom is -0.309 e. The van der Waals surface area contributed by atoms with Gasteiger partial charge in [-0.3, -0.25) is 0 Å². The van der Waals surface area contributed by atoms with E-state index in [-0.39, 0.29) is 0 Å². The molecule has 0 aromatic rings. The van der Waals surface area contributed by atoms with E-state index in [9.17, 15) is 57.1 Å². The minimum absolute atomic E-state index is 0.741. The predicted octanol–water partition coefficient (Wildman–Crippen LogP) is 4.68. The van der Waals surface area contributed by atoms with E-state index in [0.29, 0.717) is 0 Å². The van der Waals surface area contributed by atoms with Crippen LogP contribution in [0.2, 0.25) is 0 Å². The molecular formula is C10H10F13N. The summed E-state index contributed by atoms with van der Waals surface area (Å²) in [5.74, 6) is -36.4. The van der Waals surface area contributed by atoms with Crippen LogP contribution in [0.5, 0.6) is 0 Å². The lowest BCUT2D eigenvalue weighted by atomic mass is 9.92. The molecule has 24 heavy (non-hydrogen) atoms. The van der Waals surface area contributed by atoms with E-state index in [1.54, 1.807) is 0 Å². The molecule has 1 nitrogen and oxygen atoms in total. The van der Waals surface area contributed by atoms with Gasteiger partial charge >= 0.3 is 35.8 Å². The fraction of sp³-hybridized carbons (Fsp3) is 1.00. The van der Waals surface area contributed by atoms with Crippen LogP contribution < -0.4 is 0 Å². The summed E-state index contributed by atoms with van der Waals surface area (Å²) in [7, 11) is 2.00. The number of hydrogen-bond donors (Lipinski definition) is 0. The fourth-order valence-corrected chi connectivity index (χ4v) is 1.32. The van der Waals surface area contributed by atoms with E-state index in [1.165, 1.54) is 0 Å². The number of alkyl halides is 13. The van der Waals surface area contributed by atoms with Gasteiger partial charge in [0, 0.05) is 13.0 Å². The van der Waals surface area contributed by atoms with Gasteiger partial charge in [-0.2, -0.15) is 57.1 Å². The maximum atomic E-state index is 13.2. The van der Waals surface area contributed by atoms with Gasteiger partial charge in [-0.05, 0) is 14.1 Å². The quantitative estimate of drug-likeness (QED) is 0.570. The van der Waals surface area contributed by atoms with Gasteiger partial charge in [-0.25, -0.2) is 0 Å². The summed E-state index contributed by atoms with van der Waals surface area (Å²) >= 11 is 0. The molecule has 0 aromatic carbocycles. The second-order valence-electron chi connectivity index (χ2n) is 5.05. The Bertz CT molecular complexity index is 437. The molecule has 0 rings (SSSR count). The molecule has 0 amide bonds. The van der Waals surface area contributed by atoms with Gasteiger partial charge in [0.05, 0.1) is 0 Å². The highest BCUT2D eigenvalue weighted by atomic mass is 19.4.